The number of aryl methyl sites for hydroxylation is 1. The summed E-state index contributed by atoms with van der Waals surface area (Å²) in [4.78, 5) is 11.7. The summed E-state index contributed by atoms with van der Waals surface area (Å²) in [5.74, 6) is -0.393. The first kappa shape index (κ1) is 13.5. The number of nitriles is 1. The van der Waals surface area contributed by atoms with Crippen LogP contribution in [0.15, 0.2) is 36.5 Å². The molecule has 0 unspecified atom stereocenters. The lowest BCUT2D eigenvalue weighted by molar-refractivity contribution is -0.111. The highest BCUT2D eigenvalue weighted by Gasteiger charge is 2.09. The molecule has 0 saturated carbocycles. The average molecular weight is 270 g/mol. The van der Waals surface area contributed by atoms with E-state index >= 15 is 0 Å². The third kappa shape index (κ3) is 3.09. The summed E-state index contributed by atoms with van der Waals surface area (Å²) in [5.41, 5.74) is 0.989. The number of halogens is 1. The number of hydrogen-bond acceptors (Lipinski definition) is 3. The molecule has 5 nitrogen and oxygen atoms in total. The molecule has 2 rings (SSSR count). The summed E-state index contributed by atoms with van der Waals surface area (Å²) < 4.78 is 14.1. The molecular formula is C14H11FN4O. The van der Waals surface area contributed by atoms with Gasteiger partial charge in [-0.15, -0.1) is 0 Å². The molecule has 2 aromatic rings. The van der Waals surface area contributed by atoms with Crippen LogP contribution in [0.4, 0.5) is 10.2 Å². The van der Waals surface area contributed by atoms with Gasteiger partial charge in [-0.25, -0.2) is 4.39 Å². The predicted octanol–water partition coefficient (Wildman–Crippen LogP) is 2.08. The highest BCUT2D eigenvalue weighted by Crippen LogP contribution is 2.12. The second kappa shape index (κ2) is 5.80. The molecule has 0 spiro atoms. The summed E-state index contributed by atoms with van der Waals surface area (Å²) in [5, 5.41) is 15.3. The van der Waals surface area contributed by atoms with E-state index in [0.717, 1.165) is 0 Å². The molecule has 1 amide bonds. The fourth-order valence-corrected chi connectivity index (χ4v) is 1.57. The topological polar surface area (TPSA) is 70.7 Å². The lowest BCUT2D eigenvalue weighted by atomic mass is 10.2. The Labute approximate surface area is 115 Å². The standard InChI is InChI=1S/C14H11FN4O/c1-19-14(11(8-16)9-17-19)18-13(20)7-4-10-2-5-12(15)6-3-10/h2-7,9H,1H3,(H,18,20). The van der Waals surface area contributed by atoms with Crippen LogP contribution in [-0.2, 0) is 11.8 Å². The number of aromatic nitrogens is 2. The van der Waals surface area contributed by atoms with Gasteiger partial charge in [-0.05, 0) is 23.8 Å². The van der Waals surface area contributed by atoms with E-state index in [0.29, 0.717) is 11.4 Å². The van der Waals surface area contributed by atoms with Crippen molar-refractivity contribution in [3.8, 4) is 6.07 Å². The van der Waals surface area contributed by atoms with Crippen molar-refractivity contribution in [1.29, 1.82) is 5.26 Å². The molecule has 0 aliphatic rings. The zero-order valence-electron chi connectivity index (χ0n) is 10.7. The molecule has 0 aliphatic carbocycles. The van der Waals surface area contributed by atoms with E-state index in [1.807, 2.05) is 6.07 Å². The van der Waals surface area contributed by atoms with Gasteiger partial charge in [0.15, 0.2) is 0 Å². The maximum Gasteiger partial charge on any atom is 0.249 e. The molecule has 0 atom stereocenters. The zero-order valence-corrected chi connectivity index (χ0v) is 10.7. The lowest BCUT2D eigenvalue weighted by Crippen LogP contribution is -2.12. The van der Waals surface area contributed by atoms with E-state index in [9.17, 15) is 9.18 Å². The quantitative estimate of drug-likeness (QED) is 0.868. The number of carbonyl (C=O) groups excluding carboxylic acids is 1. The normalized spacial score (nSPS) is 10.4. The van der Waals surface area contributed by atoms with E-state index in [-0.39, 0.29) is 11.4 Å². The largest absolute Gasteiger partial charge is 0.306 e. The summed E-state index contributed by atoms with van der Waals surface area (Å²) in [6.45, 7) is 0. The average Bonchev–Trinajstić information content (AvgIpc) is 2.79. The third-order valence-electron chi connectivity index (χ3n) is 2.60. The lowest BCUT2D eigenvalue weighted by Gasteiger charge is -2.02. The van der Waals surface area contributed by atoms with E-state index in [1.165, 1.54) is 29.1 Å². The maximum atomic E-state index is 12.7. The van der Waals surface area contributed by atoms with E-state index in [4.69, 9.17) is 5.26 Å². The number of hydrogen-bond donors (Lipinski definition) is 1. The molecule has 1 aromatic carbocycles. The Morgan fingerprint density at radius 2 is 2.15 bits per heavy atom. The van der Waals surface area contributed by atoms with E-state index < -0.39 is 5.91 Å². The van der Waals surface area contributed by atoms with Crippen LogP contribution in [0.5, 0.6) is 0 Å². The van der Waals surface area contributed by atoms with Crippen LogP contribution in [0, 0.1) is 17.1 Å². The molecule has 0 radical (unpaired) electrons. The molecule has 6 heteroatoms. The molecule has 100 valence electrons. The van der Waals surface area contributed by atoms with Gasteiger partial charge in [-0.1, -0.05) is 12.1 Å². The minimum atomic E-state index is -0.394. The Bertz CT molecular complexity index is 695. The molecule has 1 aromatic heterocycles. The maximum absolute atomic E-state index is 12.7. The summed E-state index contributed by atoms with van der Waals surface area (Å²) in [7, 11) is 1.63. The number of benzene rings is 1. The van der Waals surface area contributed by atoms with Gasteiger partial charge in [-0.3, -0.25) is 9.48 Å². The number of carbonyl (C=O) groups is 1. The monoisotopic (exact) mass is 270 g/mol. The van der Waals surface area contributed by atoms with Crippen molar-refractivity contribution in [3.63, 3.8) is 0 Å². The zero-order chi connectivity index (χ0) is 14.5. The Balaban J connectivity index is 2.08. The third-order valence-corrected chi connectivity index (χ3v) is 2.60. The van der Waals surface area contributed by atoms with Crippen LogP contribution in [0.2, 0.25) is 0 Å². The van der Waals surface area contributed by atoms with Crippen LogP contribution < -0.4 is 5.32 Å². The Kier molecular flexibility index (Phi) is 3.91. The van der Waals surface area contributed by atoms with Crippen LogP contribution in [0.1, 0.15) is 11.1 Å². The van der Waals surface area contributed by atoms with Gasteiger partial charge in [0.25, 0.3) is 0 Å². The van der Waals surface area contributed by atoms with Crippen molar-refractivity contribution in [2.75, 3.05) is 5.32 Å². The van der Waals surface area contributed by atoms with Crippen LogP contribution in [0.3, 0.4) is 0 Å². The van der Waals surface area contributed by atoms with Gasteiger partial charge in [0.2, 0.25) is 5.91 Å². The van der Waals surface area contributed by atoms with Gasteiger partial charge < -0.3 is 5.32 Å². The van der Waals surface area contributed by atoms with Crippen LogP contribution in [-0.4, -0.2) is 15.7 Å². The number of nitrogens with one attached hydrogen (secondary N) is 1. The highest BCUT2D eigenvalue weighted by molar-refractivity contribution is 6.02. The van der Waals surface area contributed by atoms with Crippen molar-refractivity contribution in [2.24, 2.45) is 7.05 Å². The van der Waals surface area contributed by atoms with E-state index in [2.05, 4.69) is 10.4 Å². The predicted molar refractivity (Wildman–Crippen MR) is 72.0 cm³/mol. The van der Waals surface area contributed by atoms with Crippen LogP contribution in [0.25, 0.3) is 6.08 Å². The minimum absolute atomic E-state index is 0.288. The highest BCUT2D eigenvalue weighted by atomic mass is 19.1. The first-order valence-corrected chi connectivity index (χ1v) is 5.77. The molecular weight excluding hydrogens is 259 g/mol. The molecule has 1 heterocycles. The van der Waals surface area contributed by atoms with Crippen molar-refractivity contribution in [2.45, 2.75) is 0 Å². The first-order chi connectivity index (χ1) is 9.60. The van der Waals surface area contributed by atoms with Gasteiger partial charge in [-0.2, -0.15) is 10.4 Å². The van der Waals surface area contributed by atoms with E-state index in [1.54, 1.807) is 25.3 Å². The van der Waals surface area contributed by atoms with Gasteiger partial charge in [0.1, 0.15) is 23.3 Å². The molecule has 20 heavy (non-hydrogen) atoms. The fraction of sp³-hybridized carbons (Fsp3) is 0.0714. The molecule has 0 bridgehead atoms. The Morgan fingerprint density at radius 3 is 2.80 bits per heavy atom. The van der Waals surface area contributed by atoms with Crippen LogP contribution >= 0.6 is 0 Å². The van der Waals surface area contributed by atoms with Crippen molar-refractivity contribution in [1.82, 2.24) is 9.78 Å². The van der Waals surface area contributed by atoms with Crippen molar-refractivity contribution in [3.05, 3.63) is 53.5 Å². The van der Waals surface area contributed by atoms with Gasteiger partial charge in [0.05, 0.1) is 6.20 Å². The summed E-state index contributed by atoms with van der Waals surface area (Å²) in [6, 6.07) is 7.68. The Hall–Kier alpha value is -2.94. The summed E-state index contributed by atoms with van der Waals surface area (Å²) in [6.07, 6.45) is 4.23. The molecule has 0 saturated heterocycles. The number of rotatable bonds is 3. The van der Waals surface area contributed by atoms with Gasteiger partial charge in [0, 0.05) is 13.1 Å². The van der Waals surface area contributed by atoms with Crippen molar-refractivity contribution < 1.29 is 9.18 Å². The number of amides is 1. The molecule has 0 aliphatic heterocycles. The SMILES string of the molecule is Cn1ncc(C#N)c1NC(=O)C=Cc1ccc(F)cc1. The smallest absolute Gasteiger partial charge is 0.249 e. The Morgan fingerprint density at radius 1 is 1.45 bits per heavy atom. The van der Waals surface area contributed by atoms with Crippen molar-refractivity contribution >= 4 is 17.8 Å². The minimum Gasteiger partial charge on any atom is -0.306 e. The first-order valence-electron chi connectivity index (χ1n) is 5.77. The summed E-state index contributed by atoms with van der Waals surface area (Å²) >= 11 is 0. The second-order valence-corrected chi connectivity index (χ2v) is 4.02. The molecule has 1 N–H and O–H groups in total. The number of nitrogens with zero attached hydrogens (tertiary/aromatic N) is 3. The second-order valence-electron chi connectivity index (χ2n) is 4.02. The number of anilines is 1. The fourth-order valence-electron chi connectivity index (χ4n) is 1.57. The van der Waals surface area contributed by atoms with Gasteiger partial charge >= 0.3 is 0 Å². The molecule has 0 fully saturated rings.